The molecule has 0 saturated carbocycles. The predicted octanol–water partition coefficient (Wildman–Crippen LogP) is 0.0358. The van der Waals surface area contributed by atoms with Gasteiger partial charge in [-0.05, 0) is 30.2 Å². The van der Waals surface area contributed by atoms with Crippen molar-refractivity contribution in [3.63, 3.8) is 0 Å². The van der Waals surface area contributed by atoms with Crippen LogP contribution in [0, 0.1) is 0 Å². The van der Waals surface area contributed by atoms with Gasteiger partial charge in [-0.3, -0.25) is 0 Å². The third-order valence-corrected chi connectivity index (χ3v) is 3.72. The Morgan fingerprint density at radius 3 is 2.78 bits per heavy atom. The Bertz CT molecular complexity index is 583. The highest BCUT2D eigenvalue weighted by atomic mass is 32.2. The number of aromatic carboxylic acids is 1. The minimum absolute atomic E-state index is 0.104. The molecular weight excluding hydrogens is 256 g/mol. The van der Waals surface area contributed by atoms with Crippen molar-refractivity contribution in [1.29, 1.82) is 0 Å². The van der Waals surface area contributed by atoms with Crippen LogP contribution in [0.3, 0.4) is 0 Å². The van der Waals surface area contributed by atoms with Gasteiger partial charge in [-0.25, -0.2) is 18.4 Å². The summed E-state index contributed by atoms with van der Waals surface area (Å²) >= 11 is 0. The topological polar surface area (TPSA) is 101 Å². The summed E-state index contributed by atoms with van der Waals surface area (Å²) in [5.41, 5.74) is 2.08. The van der Waals surface area contributed by atoms with Crippen molar-refractivity contribution >= 4 is 21.7 Å². The average Bonchev–Trinajstić information content (AvgIpc) is 2.67. The molecule has 0 radical (unpaired) electrons. The first-order valence-corrected chi connectivity index (χ1v) is 7.20. The molecular formula is C11H14N2O4S. The fraction of sp³-hybridized carbons (Fsp3) is 0.364. The number of hydrogen-bond donors (Lipinski definition) is 2. The Balaban J connectivity index is 2.16. The summed E-state index contributed by atoms with van der Waals surface area (Å²) in [5.74, 6) is -1.06. The number of sulfonamides is 1. The molecule has 1 heterocycles. The van der Waals surface area contributed by atoms with E-state index in [-0.39, 0.29) is 11.3 Å². The van der Waals surface area contributed by atoms with Gasteiger partial charge in [0.05, 0.1) is 11.3 Å². The largest absolute Gasteiger partial charge is 0.478 e. The number of rotatable bonds is 4. The van der Waals surface area contributed by atoms with Gasteiger partial charge >= 0.3 is 5.97 Å². The van der Waals surface area contributed by atoms with Crippen LogP contribution >= 0.6 is 0 Å². The monoisotopic (exact) mass is 270 g/mol. The van der Waals surface area contributed by atoms with Gasteiger partial charge < -0.3 is 10.0 Å². The molecule has 0 aromatic heterocycles. The lowest BCUT2D eigenvalue weighted by atomic mass is 10.1. The van der Waals surface area contributed by atoms with E-state index in [9.17, 15) is 13.2 Å². The summed E-state index contributed by atoms with van der Waals surface area (Å²) in [4.78, 5) is 12.7. The molecule has 0 saturated heterocycles. The number of carboxylic acids is 1. The lowest BCUT2D eigenvalue weighted by Crippen LogP contribution is -2.30. The van der Waals surface area contributed by atoms with Crippen molar-refractivity contribution in [3.8, 4) is 0 Å². The van der Waals surface area contributed by atoms with Crippen LogP contribution in [0.25, 0.3) is 0 Å². The second-order valence-corrected chi connectivity index (χ2v) is 5.99. The lowest BCUT2D eigenvalue weighted by molar-refractivity contribution is 0.0697. The zero-order valence-electron chi connectivity index (χ0n) is 9.67. The zero-order valence-corrected chi connectivity index (χ0v) is 10.5. The summed E-state index contributed by atoms with van der Waals surface area (Å²) in [6, 6.07) is 4.87. The lowest BCUT2D eigenvalue weighted by Gasteiger charge is -2.18. The Morgan fingerprint density at radius 1 is 1.44 bits per heavy atom. The molecule has 18 heavy (non-hydrogen) atoms. The SMILES string of the molecule is NS(=O)(=O)CCN1CCc2cc(C(=O)O)ccc21. The molecule has 7 heteroatoms. The molecule has 0 spiro atoms. The molecule has 0 bridgehead atoms. The van der Waals surface area contributed by atoms with Gasteiger partial charge in [0, 0.05) is 18.8 Å². The quantitative estimate of drug-likeness (QED) is 0.804. The highest BCUT2D eigenvalue weighted by molar-refractivity contribution is 7.89. The van der Waals surface area contributed by atoms with Crippen LogP contribution in [0.1, 0.15) is 15.9 Å². The summed E-state index contributed by atoms with van der Waals surface area (Å²) < 4.78 is 21.8. The van der Waals surface area contributed by atoms with Gasteiger partial charge in [0.1, 0.15) is 0 Å². The van der Waals surface area contributed by atoms with Crippen LogP contribution in [0.2, 0.25) is 0 Å². The molecule has 0 aliphatic carbocycles. The number of fused-ring (bicyclic) bond motifs is 1. The van der Waals surface area contributed by atoms with Crippen molar-refractivity contribution in [3.05, 3.63) is 29.3 Å². The van der Waals surface area contributed by atoms with Gasteiger partial charge in [0.25, 0.3) is 0 Å². The van der Waals surface area contributed by atoms with Crippen molar-refractivity contribution in [2.75, 3.05) is 23.7 Å². The van der Waals surface area contributed by atoms with Crippen LogP contribution < -0.4 is 10.0 Å². The van der Waals surface area contributed by atoms with Crippen LogP contribution in [-0.2, 0) is 16.4 Å². The number of carbonyl (C=O) groups is 1. The van der Waals surface area contributed by atoms with Gasteiger partial charge in [-0.1, -0.05) is 0 Å². The molecule has 0 fully saturated rings. The van der Waals surface area contributed by atoms with E-state index >= 15 is 0 Å². The van der Waals surface area contributed by atoms with E-state index in [0.717, 1.165) is 17.7 Å². The van der Waals surface area contributed by atoms with Crippen molar-refractivity contribution < 1.29 is 18.3 Å². The average molecular weight is 270 g/mol. The minimum atomic E-state index is -3.47. The predicted molar refractivity (Wildman–Crippen MR) is 67.3 cm³/mol. The third kappa shape index (κ3) is 2.80. The summed E-state index contributed by atoms with van der Waals surface area (Å²) in [6.45, 7) is 1.02. The molecule has 2 rings (SSSR count). The fourth-order valence-corrected chi connectivity index (χ4v) is 2.55. The van der Waals surface area contributed by atoms with E-state index in [1.807, 2.05) is 4.90 Å². The molecule has 0 atom stereocenters. The van der Waals surface area contributed by atoms with Gasteiger partial charge in [0.2, 0.25) is 10.0 Å². The highest BCUT2D eigenvalue weighted by Crippen LogP contribution is 2.28. The summed E-state index contributed by atoms with van der Waals surface area (Å²) in [7, 11) is -3.47. The Morgan fingerprint density at radius 2 is 2.17 bits per heavy atom. The first kappa shape index (κ1) is 12.8. The second kappa shape index (κ2) is 4.58. The minimum Gasteiger partial charge on any atom is -0.478 e. The smallest absolute Gasteiger partial charge is 0.335 e. The molecule has 0 amide bonds. The Labute approximate surface area is 105 Å². The second-order valence-electron chi connectivity index (χ2n) is 4.25. The van der Waals surface area contributed by atoms with E-state index in [1.165, 1.54) is 6.07 Å². The zero-order chi connectivity index (χ0) is 13.3. The molecule has 3 N–H and O–H groups in total. The van der Waals surface area contributed by atoms with E-state index < -0.39 is 16.0 Å². The summed E-state index contributed by atoms with van der Waals surface area (Å²) in [5, 5.41) is 13.8. The Hall–Kier alpha value is -1.60. The van der Waals surface area contributed by atoms with E-state index in [2.05, 4.69) is 0 Å². The van der Waals surface area contributed by atoms with E-state index in [0.29, 0.717) is 13.1 Å². The van der Waals surface area contributed by atoms with Crippen LogP contribution in [0.15, 0.2) is 18.2 Å². The number of benzene rings is 1. The standard InChI is InChI=1S/C11H14N2O4S/c12-18(16,17)6-5-13-4-3-8-7-9(11(14)15)1-2-10(8)13/h1-2,7H,3-6H2,(H,14,15)(H2,12,16,17). The molecule has 6 nitrogen and oxygen atoms in total. The van der Waals surface area contributed by atoms with Crippen molar-refractivity contribution in [2.24, 2.45) is 5.14 Å². The van der Waals surface area contributed by atoms with E-state index in [4.69, 9.17) is 10.2 Å². The molecule has 1 aliphatic heterocycles. The number of nitrogens with zero attached hydrogens (tertiary/aromatic N) is 1. The maximum absolute atomic E-state index is 10.9. The Kier molecular flexibility index (Phi) is 3.27. The fourth-order valence-electron chi connectivity index (χ4n) is 2.07. The molecule has 1 aromatic rings. The van der Waals surface area contributed by atoms with Gasteiger partial charge in [-0.15, -0.1) is 0 Å². The number of nitrogens with two attached hydrogens (primary N) is 1. The summed E-state index contributed by atoms with van der Waals surface area (Å²) in [6.07, 6.45) is 0.723. The maximum atomic E-state index is 10.9. The number of primary sulfonamides is 1. The molecule has 0 unspecified atom stereocenters. The maximum Gasteiger partial charge on any atom is 0.335 e. The first-order valence-electron chi connectivity index (χ1n) is 5.48. The molecule has 1 aliphatic rings. The van der Waals surface area contributed by atoms with Crippen LogP contribution in [0.4, 0.5) is 5.69 Å². The van der Waals surface area contributed by atoms with Crippen LogP contribution in [-0.4, -0.2) is 38.3 Å². The normalized spacial score (nSPS) is 14.6. The van der Waals surface area contributed by atoms with Gasteiger partial charge in [-0.2, -0.15) is 0 Å². The van der Waals surface area contributed by atoms with Gasteiger partial charge in [0.15, 0.2) is 0 Å². The van der Waals surface area contributed by atoms with Crippen molar-refractivity contribution in [2.45, 2.75) is 6.42 Å². The van der Waals surface area contributed by atoms with Crippen molar-refractivity contribution in [1.82, 2.24) is 0 Å². The van der Waals surface area contributed by atoms with Crippen LogP contribution in [0.5, 0.6) is 0 Å². The molecule has 1 aromatic carbocycles. The third-order valence-electron chi connectivity index (χ3n) is 2.96. The first-order chi connectivity index (χ1) is 8.37. The number of carboxylic acid groups (broad SMARTS) is 1. The highest BCUT2D eigenvalue weighted by Gasteiger charge is 2.21. The molecule has 98 valence electrons. The van der Waals surface area contributed by atoms with E-state index in [1.54, 1.807) is 12.1 Å². The number of hydrogen-bond acceptors (Lipinski definition) is 4. The number of anilines is 1.